The van der Waals surface area contributed by atoms with E-state index in [0.717, 1.165) is 33.2 Å². The van der Waals surface area contributed by atoms with Crippen molar-refractivity contribution in [3.8, 4) is 11.3 Å². The number of aromatic nitrogens is 2. The van der Waals surface area contributed by atoms with Gasteiger partial charge in [0.05, 0.1) is 28.8 Å². The summed E-state index contributed by atoms with van der Waals surface area (Å²) >= 11 is 1.61. The molecule has 33 heavy (non-hydrogen) atoms. The van der Waals surface area contributed by atoms with E-state index in [1.165, 1.54) is 4.31 Å². The highest BCUT2D eigenvalue weighted by Gasteiger charge is 2.26. The third kappa shape index (κ3) is 5.19. The zero-order valence-corrected chi connectivity index (χ0v) is 20.6. The number of aryl methyl sites for hydroxylation is 2. The zero-order valence-electron chi connectivity index (χ0n) is 19.0. The topological polar surface area (TPSA) is 93.5 Å². The van der Waals surface area contributed by atoms with Gasteiger partial charge in [0.25, 0.3) is 0 Å². The van der Waals surface area contributed by atoms with Crippen LogP contribution in [0.5, 0.6) is 0 Å². The highest BCUT2D eigenvalue weighted by molar-refractivity contribution is 7.89. The molecular weight excluding hydrogens is 460 g/mol. The molecule has 8 nitrogen and oxygen atoms in total. The number of hydrogen-bond acceptors (Lipinski definition) is 6. The number of carbonyl (C=O) groups excluding carboxylic acids is 1. The molecule has 1 amide bonds. The number of nitrogens with one attached hydrogen (secondary N) is 1. The largest absolute Gasteiger partial charge is 0.379 e. The Balaban J connectivity index is 1.37. The van der Waals surface area contributed by atoms with Crippen molar-refractivity contribution in [2.24, 2.45) is 0 Å². The lowest BCUT2D eigenvalue weighted by atomic mass is 10.2. The number of hydrogen-bond donors (Lipinski definition) is 1. The number of rotatable bonds is 7. The number of nitrogens with zero attached hydrogens (tertiary/aromatic N) is 3. The van der Waals surface area contributed by atoms with Crippen LogP contribution in [0.4, 0.5) is 0 Å². The summed E-state index contributed by atoms with van der Waals surface area (Å²) in [6.07, 6.45) is 0. The summed E-state index contributed by atoms with van der Waals surface area (Å²) in [6, 6.07) is 8.72. The number of ether oxygens (including phenoxy) is 1. The highest BCUT2D eigenvalue weighted by atomic mass is 32.2. The summed E-state index contributed by atoms with van der Waals surface area (Å²) in [7, 11) is -3.52. The van der Waals surface area contributed by atoms with Gasteiger partial charge in [0.15, 0.2) is 0 Å². The van der Waals surface area contributed by atoms with Crippen LogP contribution in [0.3, 0.4) is 0 Å². The highest BCUT2D eigenvalue weighted by Crippen LogP contribution is 2.28. The lowest BCUT2D eigenvalue weighted by Gasteiger charge is -2.26. The molecule has 0 radical (unpaired) electrons. The van der Waals surface area contributed by atoms with Crippen molar-refractivity contribution in [3.05, 3.63) is 57.7 Å². The summed E-state index contributed by atoms with van der Waals surface area (Å²) in [4.78, 5) is 17.4. The normalized spacial score (nSPS) is 15.0. The summed E-state index contributed by atoms with van der Waals surface area (Å²) in [5.74, 6) is -0.108. The van der Waals surface area contributed by atoms with E-state index < -0.39 is 10.0 Å². The third-order valence-electron chi connectivity index (χ3n) is 5.79. The Hall–Kier alpha value is -2.53. The van der Waals surface area contributed by atoms with Gasteiger partial charge >= 0.3 is 0 Å². The van der Waals surface area contributed by atoms with Crippen molar-refractivity contribution in [2.75, 3.05) is 26.3 Å². The molecule has 3 heterocycles. The lowest BCUT2D eigenvalue weighted by molar-refractivity contribution is -0.121. The van der Waals surface area contributed by atoms with E-state index in [1.807, 2.05) is 30.7 Å². The van der Waals surface area contributed by atoms with E-state index in [1.54, 1.807) is 35.6 Å². The fourth-order valence-electron chi connectivity index (χ4n) is 3.91. The van der Waals surface area contributed by atoms with Gasteiger partial charge in [-0.3, -0.25) is 4.79 Å². The molecule has 1 saturated heterocycles. The average molecular weight is 489 g/mol. The van der Waals surface area contributed by atoms with E-state index in [-0.39, 0.29) is 17.3 Å². The van der Waals surface area contributed by atoms with Crippen LogP contribution in [0.15, 0.2) is 40.6 Å². The summed E-state index contributed by atoms with van der Waals surface area (Å²) in [6.45, 7) is 8.05. The van der Waals surface area contributed by atoms with E-state index >= 15 is 0 Å². The second-order valence-corrected chi connectivity index (χ2v) is 11.1. The van der Waals surface area contributed by atoms with Crippen molar-refractivity contribution >= 4 is 27.3 Å². The van der Waals surface area contributed by atoms with E-state index in [0.29, 0.717) is 32.8 Å². The number of thiazole rings is 1. The Morgan fingerprint density at radius 3 is 2.48 bits per heavy atom. The van der Waals surface area contributed by atoms with Crippen molar-refractivity contribution in [3.63, 3.8) is 0 Å². The summed E-state index contributed by atoms with van der Waals surface area (Å²) < 4.78 is 34.1. The van der Waals surface area contributed by atoms with Crippen LogP contribution in [0.1, 0.15) is 22.0 Å². The summed E-state index contributed by atoms with van der Waals surface area (Å²) in [5.41, 5.74) is 4.82. The molecule has 4 rings (SSSR count). The maximum Gasteiger partial charge on any atom is 0.243 e. The number of sulfonamides is 1. The monoisotopic (exact) mass is 488 g/mol. The maximum atomic E-state index is 12.7. The van der Waals surface area contributed by atoms with Crippen LogP contribution >= 0.6 is 11.3 Å². The predicted octanol–water partition coefficient (Wildman–Crippen LogP) is 2.87. The fourth-order valence-corrected chi connectivity index (χ4v) is 5.93. The second-order valence-electron chi connectivity index (χ2n) is 8.06. The molecule has 0 spiro atoms. The van der Waals surface area contributed by atoms with Gasteiger partial charge in [0.2, 0.25) is 15.9 Å². The minimum absolute atomic E-state index is 0.108. The van der Waals surface area contributed by atoms with Crippen molar-refractivity contribution < 1.29 is 17.9 Å². The first kappa shape index (κ1) is 23.6. The van der Waals surface area contributed by atoms with Gasteiger partial charge in [0, 0.05) is 42.0 Å². The maximum absolute atomic E-state index is 12.7. The predicted molar refractivity (Wildman–Crippen MR) is 128 cm³/mol. The van der Waals surface area contributed by atoms with Gasteiger partial charge in [-0.2, -0.15) is 4.31 Å². The molecule has 0 unspecified atom stereocenters. The summed E-state index contributed by atoms with van der Waals surface area (Å²) in [5, 5.41) is 5.97. The van der Waals surface area contributed by atoms with Crippen molar-refractivity contribution in [1.82, 2.24) is 19.2 Å². The van der Waals surface area contributed by atoms with Crippen LogP contribution in [-0.4, -0.2) is 54.5 Å². The molecule has 1 N–H and O–H groups in total. The molecular formula is C23H28N4O4S2. The molecule has 3 aromatic rings. The Morgan fingerprint density at radius 1 is 1.15 bits per heavy atom. The molecule has 1 fully saturated rings. The van der Waals surface area contributed by atoms with Crippen LogP contribution < -0.4 is 5.32 Å². The van der Waals surface area contributed by atoms with Crippen LogP contribution in [-0.2, 0) is 32.6 Å². The molecule has 2 aromatic heterocycles. The average Bonchev–Trinajstić information content (AvgIpc) is 3.36. The fraction of sp³-hybridized carbons (Fsp3) is 0.391. The molecule has 1 aliphatic rings. The standard InChI is InChI=1S/C23H28N4O4S2/c1-16-12-21(22-15-32-18(3)25-22)17(2)27(16)14-23(28)24-13-19-4-6-20(7-5-19)33(29,30)26-8-10-31-11-9-26/h4-7,12,15H,8-11,13-14H2,1-3H3,(H,24,28). The Morgan fingerprint density at radius 2 is 1.85 bits per heavy atom. The molecule has 0 atom stereocenters. The van der Waals surface area contributed by atoms with Crippen molar-refractivity contribution in [2.45, 2.75) is 38.8 Å². The minimum atomic E-state index is -3.52. The Bertz CT molecular complexity index is 1240. The molecule has 176 valence electrons. The van der Waals surface area contributed by atoms with Crippen LogP contribution in [0.25, 0.3) is 11.3 Å². The smallest absolute Gasteiger partial charge is 0.243 e. The number of morpholine rings is 1. The van der Waals surface area contributed by atoms with Gasteiger partial charge < -0.3 is 14.6 Å². The molecule has 0 saturated carbocycles. The Kier molecular flexibility index (Phi) is 6.99. The molecule has 10 heteroatoms. The van der Waals surface area contributed by atoms with Gasteiger partial charge in [-0.1, -0.05) is 12.1 Å². The molecule has 0 aliphatic carbocycles. The van der Waals surface area contributed by atoms with Gasteiger partial charge in [0.1, 0.15) is 6.54 Å². The molecule has 0 bridgehead atoms. The van der Waals surface area contributed by atoms with Crippen LogP contribution in [0.2, 0.25) is 0 Å². The SMILES string of the molecule is Cc1nc(-c2cc(C)n(CC(=O)NCc3ccc(S(=O)(=O)N4CCOCC4)cc3)c2C)cs1. The molecule has 1 aliphatic heterocycles. The zero-order chi connectivity index (χ0) is 23.6. The lowest BCUT2D eigenvalue weighted by Crippen LogP contribution is -2.40. The first-order valence-electron chi connectivity index (χ1n) is 10.8. The van der Waals surface area contributed by atoms with Gasteiger partial charge in [-0.25, -0.2) is 13.4 Å². The van der Waals surface area contributed by atoms with E-state index in [2.05, 4.69) is 16.4 Å². The first-order valence-corrected chi connectivity index (χ1v) is 13.1. The Labute approximate surface area is 198 Å². The first-order chi connectivity index (χ1) is 15.8. The van der Waals surface area contributed by atoms with Crippen LogP contribution in [0, 0.1) is 20.8 Å². The van der Waals surface area contributed by atoms with E-state index in [4.69, 9.17) is 4.74 Å². The number of amides is 1. The third-order valence-corrected chi connectivity index (χ3v) is 8.48. The van der Waals surface area contributed by atoms with Crippen molar-refractivity contribution in [1.29, 1.82) is 0 Å². The van der Waals surface area contributed by atoms with Gasteiger partial charge in [-0.15, -0.1) is 11.3 Å². The number of benzene rings is 1. The minimum Gasteiger partial charge on any atom is -0.379 e. The van der Waals surface area contributed by atoms with Gasteiger partial charge in [-0.05, 0) is 44.5 Å². The molecule has 1 aromatic carbocycles. The van der Waals surface area contributed by atoms with E-state index in [9.17, 15) is 13.2 Å². The quantitative estimate of drug-likeness (QED) is 0.552. The number of carbonyl (C=O) groups is 1. The second kappa shape index (κ2) is 9.76.